The van der Waals surface area contributed by atoms with Gasteiger partial charge in [-0.1, -0.05) is 29.5 Å². The lowest BCUT2D eigenvalue weighted by molar-refractivity contribution is 0.414. The normalized spacial score (nSPS) is 11.9. The largest absolute Gasteiger partial charge is 0.497 e. The first kappa shape index (κ1) is 17.2. The molecular weight excluding hydrogens is 360 g/mol. The molecule has 0 radical (unpaired) electrons. The molecule has 4 aromatic rings. The number of aryl methyl sites for hydroxylation is 1. The van der Waals surface area contributed by atoms with Gasteiger partial charge in [0.2, 0.25) is 5.13 Å². The molecule has 0 fully saturated rings. The molecule has 1 unspecified atom stereocenters. The predicted octanol–water partition coefficient (Wildman–Crippen LogP) is 3.54. The number of benzene rings is 1. The first-order valence-corrected chi connectivity index (χ1v) is 9.19. The Balaban J connectivity index is 1.65. The van der Waals surface area contributed by atoms with E-state index in [4.69, 9.17) is 4.74 Å². The van der Waals surface area contributed by atoms with Crippen molar-refractivity contribution in [1.82, 2.24) is 24.7 Å². The Morgan fingerprint density at radius 3 is 2.56 bits per heavy atom. The zero-order valence-corrected chi connectivity index (χ0v) is 15.7. The number of nitrogens with zero attached hydrogens (tertiary/aromatic N) is 5. The molecule has 0 aliphatic rings. The van der Waals surface area contributed by atoms with Crippen LogP contribution < -0.4 is 10.1 Å². The molecule has 3 heterocycles. The summed E-state index contributed by atoms with van der Waals surface area (Å²) in [5.74, 6) is 1.69. The van der Waals surface area contributed by atoms with Crippen molar-refractivity contribution in [3.05, 3.63) is 72.4 Å². The van der Waals surface area contributed by atoms with Crippen LogP contribution in [0.4, 0.5) is 5.13 Å². The standard InChI is InChI=1S/C19H18N6OS/c1-25-12-11-21-17(25)16(13-6-8-14(26-2)9-7-13)22-19-24-23-18(27-19)15-5-3-4-10-20-15/h3-12,16H,1-2H3,(H,22,24). The number of pyridine rings is 1. The third-order valence-electron chi connectivity index (χ3n) is 4.14. The van der Waals surface area contributed by atoms with Gasteiger partial charge in [-0.2, -0.15) is 0 Å². The Morgan fingerprint density at radius 1 is 1.04 bits per heavy atom. The summed E-state index contributed by atoms with van der Waals surface area (Å²) in [4.78, 5) is 8.84. The van der Waals surface area contributed by atoms with Crippen LogP contribution in [-0.2, 0) is 7.05 Å². The van der Waals surface area contributed by atoms with Crippen molar-refractivity contribution in [1.29, 1.82) is 0 Å². The van der Waals surface area contributed by atoms with E-state index >= 15 is 0 Å². The fourth-order valence-electron chi connectivity index (χ4n) is 2.75. The summed E-state index contributed by atoms with van der Waals surface area (Å²) in [5, 5.41) is 13.5. The summed E-state index contributed by atoms with van der Waals surface area (Å²) in [7, 11) is 3.63. The molecule has 3 aromatic heterocycles. The number of hydrogen-bond acceptors (Lipinski definition) is 7. The molecule has 0 amide bonds. The van der Waals surface area contributed by atoms with E-state index in [0.29, 0.717) is 5.13 Å². The van der Waals surface area contributed by atoms with Crippen LogP contribution in [0.3, 0.4) is 0 Å². The van der Waals surface area contributed by atoms with Crippen LogP contribution >= 0.6 is 11.3 Å². The van der Waals surface area contributed by atoms with Gasteiger partial charge in [0.25, 0.3) is 0 Å². The fourth-order valence-corrected chi connectivity index (χ4v) is 3.49. The van der Waals surface area contributed by atoms with E-state index in [1.807, 2.05) is 60.3 Å². The summed E-state index contributed by atoms with van der Waals surface area (Å²) < 4.78 is 7.25. The molecule has 0 aliphatic carbocycles. The van der Waals surface area contributed by atoms with E-state index in [1.165, 1.54) is 11.3 Å². The van der Waals surface area contributed by atoms with E-state index in [1.54, 1.807) is 19.5 Å². The lowest BCUT2D eigenvalue weighted by Crippen LogP contribution is -2.16. The average Bonchev–Trinajstić information content (AvgIpc) is 3.36. The highest BCUT2D eigenvalue weighted by atomic mass is 32.1. The Hall–Kier alpha value is -3.26. The molecule has 8 heteroatoms. The number of rotatable bonds is 6. The van der Waals surface area contributed by atoms with Crippen molar-refractivity contribution in [2.24, 2.45) is 7.05 Å². The molecule has 0 bridgehead atoms. The van der Waals surface area contributed by atoms with Gasteiger partial charge in [-0.3, -0.25) is 4.98 Å². The van der Waals surface area contributed by atoms with E-state index in [9.17, 15) is 0 Å². The molecule has 4 rings (SSSR count). The maximum absolute atomic E-state index is 5.27. The molecule has 0 saturated heterocycles. The van der Waals surface area contributed by atoms with E-state index in [-0.39, 0.29) is 6.04 Å². The number of ether oxygens (including phenoxy) is 1. The second-order valence-corrected chi connectivity index (χ2v) is 6.85. The number of methoxy groups -OCH3 is 1. The molecule has 1 atom stereocenters. The van der Waals surface area contributed by atoms with Crippen molar-refractivity contribution in [2.75, 3.05) is 12.4 Å². The molecule has 1 N–H and O–H groups in total. The van der Waals surface area contributed by atoms with Gasteiger partial charge in [0.15, 0.2) is 5.01 Å². The Kier molecular flexibility index (Phi) is 4.80. The summed E-state index contributed by atoms with van der Waals surface area (Å²) in [6.45, 7) is 0. The highest BCUT2D eigenvalue weighted by Gasteiger charge is 2.20. The van der Waals surface area contributed by atoms with Crippen LogP contribution in [0.1, 0.15) is 17.4 Å². The minimum atomic E-state index is -0.166. The highest BCUT2D eigenvalue weighted by Crippen LogP contribution is 2.30. The van der Waals surface area contributed by atoms with Crippen LogP contribution in [0.15, 0.2) is 61.1 Å². The molecular formula is C19H18N6OS. The van der Waals surface area contributed by atoms with Crippen LogP contribution in [0, 0.1) is 0 Å². The summed E-state index contributed by atoms with van der Waals surface area (Å²) in [6.07, 6.45) is 5.46. The quantitative estimate of drug-likeness (QED) is 0.553. The van der Waals surface area contributed by atoms with Crippen molar-refractivity contribution in [3.63, 3.8) is 0 Å². The second kappa shape index (κ2) is 7.55. The van der Waals surface area contributed by atoms with Crippen LogP contribution in [-0.4, -0.2) is 31.8 Å². The Morgan fingerprint density at radius 2 is 1.89 bits per heavy atom. The zero-order valence-electron chi connectivity index (χ0n) is 14.9. The number of nitrogens with one attached hydrogen (secondary N) is 1. The maximum atomic E-state index is 5.27. The van der Waals surface area contributed by atoms with Crippen LogP contribution in [0.5, 0.6) is 5.75 Å². The molecule has 0 saturated carbocycles. The summed E-state index contributed by atoms with van der Waals surface area (Å²) in [6, 6.07) is 13.5. The number of imidazole rings is 1. The molecule has 0 aliphatic heterocycles. The fraction of sp³-hybridized carbons (Fsp3) is 0.158. The van der Waals surface area contributed by atoms with Gasteiger partial charge >= 0.3 is 0 Å². The number of hydrogen-bond donors (Lipinski definition) is 1. The minimum absolute atomic E-state index is 0.166. The average molecular weight is 378 g/mol. The van der Waals surface area contributed by atoms with E-state index in [0.717, 1.165) is 27.8 Å². The minimum Gasteiger partial charge on any atom is -0.497 e. The van der Waals surface area contributed by atoms with Crippen LogP contribution in [0.2, 0.25) is 0 Å². The monoisotopic (exact) mass is 378 g/mol. The Labute approximate surface area is 160 Å². The van der Waals surface area contributed by atoms with Gasteiger partial charge in [-0.25, -0.2) is 4.98 Å². The van der Waals surface area contributed by atoms with Gasteiger partial charge in [-0.15, -0.1) is 10.2 Å². The van der Waals surface area contributed by atoms with E-state index < -0.39 is 0 Å². The van der Waals surface area contributed by atoms with Gasteiger partial charge in [-0.05, 0) is 29.8 Å². The van der Waals surface area contributed by atoms with Crippen molar-refractivity contribution in [3.8, 4) is 16.5 Å². The molecule has 0 spiro atoms. The van der Waals surface area contributed by atoms with Crippen molar-refractivity contribution < 1.29 is 4.74 Å². The summed E-state index contributed by atoms with van der Waals surface area (Å²) in [5.41, 5.74) is 1.86. The molecule has 1 aromatic carbocycles. The van der Waals surface area contributed by atoms with Crippen molar-refractivity contribution >= 4 is 16.5 Å². The van der Waals surface area contributed by atoms with Gasteiger partial charge in [0.05, 0.1) is 7.11 Å². The SMILES string of the molecule is COc1ccc(C(Nc2nnc(-c3ccccn3)s2)c2nccn2C)cc1. The summed E-state index contributed by atoms with van der Waals surface area (Å²) >= 11 is 1.46. The van der Waals surface area contributed by atoms with Crippen LogP contribution in [0.25, 0.3) is 10.7 Å². The van der Waals surface area contributed by atoms with Gasteiger partial charge < -0.3 is 14.6 Å². The lowest BCUT2D eigenvalue weighted by atomic mass is 10.1. The van der Waals surface area contributed by atoms with E-state index in [2.05, 4.69) is 25.5 Å². The van der Waals surface area contributed by atoms with Gasteiger partial charge in [0.1, 0.15) is 23.3 Å². The van der Waals surface area contributed by atoms with Crippen molar-refractivity contribution in [2.45, 2.75) is 6.04 Å². The second-order valence-electron chi connectivity index (χ2n) is 5.87. The topological polar surface area (TPSA) is 77.8 Å². The molecule has 27 heavy (non-hydrogen) atoms. The lowest BCUT2D eigenvalue weighted by Gasteiger charge is -2.18. The predicted molar refractivity (Wildman–Crippen MR) is 105 cm³/mol. The Bertz CT molecular complexity index is 1010. The highest BCUT2D eigenvalue weighted by molar-refractivity contribution is 7.18. The molecule has 7 nitrogen and oxygen atoms in total. The van der Waals surface area contributed by atoms with Gasteiger partial charge in [0, 0.05) is 25.6 Å². The first-order chi connectivity index (χ1) is 13.2. The zero-order chi connectivity index (χ0) is 18.6. The smallest absolute Gasteiger partial charge is 0.206 e. The third-order valence-corrected chi connectivity index (χ3v) is 5.02. The third kappa shape index (κ3) is 3.65. The first-order valence-electron chi connectivity index (χ1n) is 8.37. The maximum Gasteiger partial charge on any atom is 0.206 e. The number of aromatic nitrogens is 5. The number of anilines is 1. The molecule has 136 valence electrons.